The van der Waals surface area contributed by atoms with Crippen molar-refractivity contribution in [3.63, 3.8) is 0 Å². The Balaban J connectivity index is 0.00000189. The first-order chi connectivity index (χ1) is 20.0. The van der Waals surface area contributed by atoms with E-state index in [4.69, 9.17) is 10.7 Å². The lowest BCUT2D eigenvalue weighted by atomic mass is 9.94. The average Bonchev–Trinajstić information content (AvgIpc) is 3.50. The molecule has 214 valence electrons. The predicted octanol–water partition coefficient (Wildman–Crippen LogP) is 9.24. The van der Waals surface area contributed by atoms with Crippen molar-refractivity contribution in [2.75, 3.05) is 5.73 Å². The van der Waals surface area contributed by atoms with Gasteiger partial charge in [0.15, 0.2) is 5.78 Å². The molecule has 0 aliphatic heterocycles. The number of nitrogens with two attached hydrogens (primary N) is 1. The summed E-state index contributed by atoms with van der Waals surface area (Å²) in [6, 6.07) is 8.07. The van der Waals surface area contributed by atoms with E-state index in [0.717, 1.165) is 82.1 Å². The third-order valence-electron chi connectivity index (χ3n) is 7.28. The van der Waals surface area contributed by atoms with Crippen LogP contribution in [0.1, 0.15) is 98.2 Å². The second kappa shape index (κ2) is 14.2. The van der Waals surface area contributed by atoms with Crippen LogP contribution in [-0.4, -0.2) is 25.1 Å². The van der Waals surface area contributed by atoms with Crippen molar-refractivity contribution in [1.82, 2.24) is 19.4 Å². The Labute approximate surface area is 247 Å². The van der Waals surface area contributed by atoms with Gasteiger partial charge in [-0.15, -0.1) is 0 Å². The van der Waals surface area contributed by atoms with Crippen LogP contribution in [0.25, 0.3) is 29.1 Å². The van der Waals surface area contributed by atoms with Gasteiger partial charge in [0.1, 0.15) is 22.9 Å². The number of Topliss-reactive ketones (excluding diaryl/α,β-unsaturated/α-hetero) is 1. The molecule has 6 nitrogen and oxygen atoms in total. The topological polar surface area (TPSA) is 89.1 Å². The van der Waals surface area contributed by atoms with Crippen molar-refractivity contribution in [2.45, 2.75) is 77.0 Å². The van der Waals surface area contributed by atoms with Crippen molar-refractivity contribution >= 4 is 41.0 Å². The number of ketones is 1. The monoisotopic (exact) mass is 567 g/mol. The van der Waals surface area contributed by atoms with E-state index in [1.165, 1.54) is 0 Å². The molecule has 0 amide bonds. The summed E-state index contributed by atoms with van der Waals surface area (Å²) in [5, 5.41) is 1.80. The molecule has 3 heterocycles. The van der Waals surface area contributed by atoms with Gasteiger partial charge in [-0.2, -0.15) is 0 Å². The van der Waals surface area contributed by atoms with Crippen LogP contribution in [0.5, 0.6) is 0 Å². The number of rotatable bonds is 11. The van der Waals surface area contributed by atoms with Gasteiger partial charge in [-0.1, -0.05) is 75.9 Å². The maximum absolute atomic E-state index is 13.1. The van der Waals surface area contributed by atoms with Crippen LogP contribution in [0, 0.1) is 6.92 Å². The van der Waals surface area contributed by atoms with Crippen LogP contribution in [0.3, 0.4) is 0 Å². The molecular weight excluding hydrogens is 526 g/mol. The number of nitrogens with one attached hydrogen (secondary N) is 1. The van der Waals surface area contributed by atoms with E-state index in [-0.39, 0.29) is 11.7 Å². The van der Waals surface area contributed by atoms with Crippen molar-refractivity contribution < 1.29 is 4.79 Å². The molecule has 1 aliphatic rings. The molecule has 7 heteroatoms. The number of fused-ring (bicyclic) bond motifs is 2. The molecule has 5 rings (SSSR count). The summed E-state index contributed by atoms with van der Waals surface area (Å²) in [5.74, 6) is 1.80. The quantitative estimate of drug-likeness (QED) is 0.139. The molecule has 0 fully saturated rings. The lowest BCUT2D eigenvalue weighted by Gasteiger charge is -2.15. The fraction of sp³-hybridized carbons (Fsp3) is 0.324. The lowest BCUT2D eigenvalue weighted by molar-refractivity contribution is 0.0978. The lowest BCUT2D eigenvalue weighted by Crippen LogP contribution is -2.07. The molecule has 0 spiro atoms. The molecule has 1 aromatic carbocycles. The van der Waals surface area contributed by atoms with Crippen LogP contribution in [0.4, 0.5) is 5.82 Å². The number of nitrogens with zero attached hydrogens (tertiary/aromatic N) is 3. The molecule has 1 atom stereocenters. The van der Waals surface area contributed by atoms with Crippen LogP contribution >= 0.6 is 11.8 Å². The molecule has 0 saturated carbocycles. The summed E-state index contributed by atoms with van der Waals surface area (Å²) in [6.07, 6.45) is 17.3. The fourth-order valence-electron chi connectivity index (χ4n) is 5.31. The first-order valence-electron chi connectivity index (χ1n) is 14.6. The van der Waals surface area contributed by atoms with Gasteiger partial charge >= 0.3 is 0 Å². The van der Waals surface area contributed by atoms with Crippen LogP contribution in [-0.2, 0) is 0 Å². The second-order valence-corrected chi connectivity index (χ2v) is 11.0. The Morgan fingerprint density at radius 3 is 2.80 bits per heavy atom. The highest BCUT2D eigenvalue weighted by molar-refractivity contribution is 8.02. The van der Waals surface area contributed by atoms with E-state index in [0.29, 0.717) is 12.2 Å². The van der Waals surface area contributed by atoms with Gasteiger partial charge in [0, 0.05) is 40.9 Å². The number of aryl methyl sites for hydroxylation is 1. The molecule has 4 aromatic rings. The van der Waals surface area contributed by atoms with E-state index in [2.05, 4.69) is 65.2 Å². The van der Waals surface area contributed by atoms with E-state index >= 15 is 0 Å². The Hall–Kier alpha value is -3.84. The predicted molar refractivity (Wildman–Crippen MR) is 174 cm³/mol. The summed E-state index contributed by atoms with van der Waals surface area (Å²) in [7, 11) is 0. The van der Waals surface area contributed by atoms with E-state index in [1.807, 2.05) is 38.2 Å². The number of thioether (sulfide) groups is 1. The Bertz CT molecular complexity index is 1550. The standard InChI is InChI=1S/C32H35N5OS.C2H6/c1-4-10-22(12-9-14-27(38)24-16-15-21(3)28(20-24)39-5-2)32-36-29(30-31(33)34-17-18-37(30)32)26-19-23-11-7-6-8-13-25(23)35-26;1-2/h5,7-8,11,13,15-20,22,35H,2,4,6,9-10,12,14H2,1,3H3,(H2,33,34);1-2H3. The van der Waals surface area contributed by atoms with Gasteiger partial charge in [0.05, 0.1) is 5.69 Å². The number of hydrogen-bond donors (Lipinski definition) is 2. The zero-order valence-electron chi connectivity index (χ0n) is 24.6. The molecule has 3 aromatic heterocycles. The number of aromatic amines is 1. The highest BCUT2D eigenvalue weighted by Crippen LogP contribution is 2.35. The molecule has 1 unspecified atom stereocenters. The maximum Gasteiger partial charge on any atom is 0.162 e. The molecule has 41 heavy (non-hydrogen) atoms. The number of anilines is 1. The first kappa shape index (κ1) is 30.1. The van der Waals surface area contributed by atoms with E-state index < -0.39 is 0 Å². The smallest absolute Gasteiger partial charge is 0.162 e. The fourth-order valence-corrected chi connectivity index (χ4v) is 5.94. The summed E-state index contributed by atoms with van der Waals surface area (Å²) in [6.45, 7) is 12.1. The van der Waals surface area contributed by atoms with Crippen molar-refractivity contribution in [3.05, 3.63) is 89.0 Å². The van der Waals surface area contributed by atoms with Gasteiger partial charge in [0.25, 0.3) is 0 Å². The summed E-state index contributed by atoms with van der Waals surface area (Å²) in [4.78, 5) is 27.2. The Morgan fingerprint density at radius 1 is 1.22 bits per heavy atom. The largest absolute Gasteiger partial charge is 0.382 e. The average molecular weight is 568 g/mol. The highest BCUT2D eigenvalue weighted by Gasteiger charge is 2.24. The van der Waals surface area contributed by atoms with Gasteiger partial charge in [-0.3, -0.25) is 9.20 Å². The Kier molecular flexibility index (Phi) is 10.4. The highest BCUT2D eigenvalue weighted by atomic mass is 32.2. The number of aromatic nitrogens is 4. The van der Waals surface area contributed by atoms with Crippen LogP contribution in [0.15, 0.2) is 65.7 Å². The minimum Gasteiger partial charge on any atom is -0.382 e. The van der Waals surface area contributed by atoms with Gasteiger partial charge in [-0.05, 0) is 67.4 Å². The van der Waals surface area contributed by atoms with Crippen molar-refractivity contribution in [1.29, 1.82) is 0 Å². The molecular formula is C34H41N5OS. The van der Waals surface area contributed by atoms with Crippen molar-refractivity contribution in [3.8, 4) is 11.4 Å². The number of H-pyrrole nitrogens is 1. The number of hydrogen-bond acceptors (Lipinski definition) is 5. The van der Waals surface area contributed by atoms with Crippen LogP contribution in [0.2, 0.25) is 0 Å². The maximum atomic E-state index is 13.1. The van der Waals surface area contributed by atoms with Crippen LogP contribution < -0.4 is 5.73 Å². The summed E-state index contributed by atoms with van der Waals surface area (Å²) >= 11 is 1.55. The normalized spacial score (nSPS) is 12.9. The molecule has 0 saturated heterocycles. The minimum absolute atomic E-state index is 0.173. The number of carbonyl (C=O) groups is 1. The third kappa shape index (κ3) is 6.73. The zero-order chi connectivity index (χ0) is 29.4. The van der Waals surface area contributed by atoms with Gasteiger partial charge in [0.2, 0.25) is 0 Å². The number of allylic oxidation sites excluding steroid dienone is 2. The number of carbonyl (C=O) groups excluding carboxylic acids is 1. The number of nitrogen functional groups attached to an aromatic ring is 1. The van der Waals surface area contributed by atoms with E-state index in [1.54, 1.807) is 23.4 Å². The second-order valence-electron chi connectivity index (χ2n) is 10.0. The Morgan fingerprint density at radius 2 is 2.02 bits per heavy atom. The molecule has 0 bridgehead atoms. The third-order valence-corrected chi connectivity index (χ3v) is 8.14. The van der Waals surface area contributed by atoms with E-state index in [9.17, 15) is 4.79 Å². The zero-order valence-corrected chi connectivity index (χ0v) is 25.4. The SMILES string of the molecule is C=CSc1cc(C(=O)CCCC(CCC)c2nc(-c3cc4c([nH]3)C=CCC=C4)c3c(N)nccn23)ccc1C.CC. The molecule has 3 N–H and O–H groups in total. The van der Waals surface area contributed by atoms with Crippen molar-refractivity contribution in [2.24, 2.45) is 0 Å². The van der Waals surface area contributed by atoms with Gasteiger partial charge in [-0.25, -0.2) is 9.97 Å². The summed E-state index contributed by atoms with van der Waals surface area (Å²) in [5.41, 5.74) is 13.1. The minimum atomic E-state index is 0.173. The summed E-state index contributed by atoms with van der Waals surface area (Å²) < 4.78 is 2.09. The molecule has 0 radical (unpaired) electrons. The molecule has 1 aliphatic carbocycles. The van der Waals surface area contributed by atoms with Gasteiger partial charge < -0.3 is 10.7 Å². The number of imidazole rings is 1. The number of benzene rings is 1. The first-order valence-corrected chi connectivity index (χ1v) is 15.5.